The lowest BCUT2D eigenvalue weighted by Crippen LogP contribution is -2.18. The molecule has 1 aromatic heterocycles. The highest BCUT2D eigenvalue weighted by Crippen LogP contribution is 2.23. The van der Waals surface area contributed by atoms with Gasteiger partial charge in [0.15, 0.2) is 0 Å². The van der Waals surface area contributed by atoms with Crippen molar-refractivity contribution < 1.29 is 9.47 Å². The van der Waals surface area contributed by atoms with Gasteiger partial charge in [-0.15, -0.1) is 0 Å². The van der Waals surface area contributed by atoms with E-state index < -0.39 is 0 Å². The highest BCUT2D eigenvalue weighted by Gasteiger charge is 2.18. The summed E-state index contributed by atoms with van der Waals surface area (Å²) >= 11 is 0. The fourth-order valence-corrected chi connectivity index (χ4v) is 1.88. The highest BCUT2D eigenvalue weighted by atomic mass is 16.5. The lowest BCUT2D eigenvalue weighted by molar-refractivity contribution is 0.0659. The average molecular weight is 251 g/mol. The summed E-state index contributed by atoms with van der Waals surface area (Å²) in [5.74, 6) is 2.04. The summed E-state index contributed by atoms with van der Waals surface area (Å²) in [4.78, 5) is 8.69. The van der Waals surface area contributed by atoms with Crippen LogP contribution in [0.1, 0.15) is 44.0 Å². The summed E-state index contributed by atoms with van der Waals surface area (Å²) in [5.41, 5.74) is 6.68. The molecular weight excluding hydrogens is 230 g/mol. The molecule has 1 aliphatic heterocycles. The van der Waals surface area contributed by atoms with E-state index in [2.05, 4.69) is 9.97 Å². The van der Waals surface area contributed by atoms with E-state index in [4.69, 9.17) is 15.2 Å². The van der Waals surface area contributed by atoms with Gasteiger partial charge >= 0.3 is 0 Å². The molecule has 1 unspecified atom stereocenters. The Bertz CT molecular complexity index is 415. The van der Waals surface area contributed by atoms with Gasteiger partial charge in [0.25, 0.3) is 0 Å². The van der Waals surface area contributed by atoms with Crippen LogP contribution in [0.4, 0.5) is 5.82 Å². The Labute approximate surface area is 108 Å². The normalized spacial score (nSPS) is 19.4. The Morgan fingerprint density at radius 3 is 2.83 bits per heavy atom. The van der Waals surface area contributed by atoms with Crippen molar-refractivity contribution in [2.75, 3.05) is 18.9 Å². The molecule has 1 aliphatic rings. The highest BCUT2D eigenvalue weighted by molar-refractivity contribution is 5.44. The third-order valence-corrected chi connectivity index (χ3v) is 3.10. The summed E-state index contributed by atoms with van der Waals surface area (Å²) in [7, 11) is 0. The van der Waals surface area contributed by atoms with Crippen molar-refractivity contribution in [1.29, 1.82) is 0 Å². The summed E-state index contributed by atoms with van der Waals surface area (Å²) in [6, 6.07) is 0. The monoisotopic (exact) mass is 251 g/mol. The van der Waals surface area contributed by atoms with Gasteiger partial charge in [-0.1, -0.05) is 13.8 Å². The topological polar surface area (TPSA) is 70.3 Å². The second-order valence-corrected chi connectivity index (χ2v) is 5.00. The number of nitrogens with zero attached hydrogens (tertiary/aromatic N) is 2. The SMILES string of the molecule is Cc1c(N)nc(C(C)C)nc1OCC1CCCO1. The summed E-state index contributed by atoms with van der Waals surface area (Å²) in [6.07, 6.45) is 2.34. The van der Waals surface area contributed by atoms with Crippen LogP contribution in [0.25, 0.3) is 0 Å². The quantitative estimate of drug-likeness (QED) is 0.886. The standard InChI is InChI=1S/C13H21N3O2/c1-8(2)12-15-11(14)9(3)13(16-12)18-7-10-5-4-6-17-10/h8,10H,4-7H2,1-3H3,(H2,14,15,16). The molecule has 0 spiro atoms. The van der Waals surface area contributed by atoms with Gasteiger partial charge in [0.05, 0.1) is 11.7 Å². The van der Waals surface area contributed by atoms with E-state index in [-0.39, 0.29) is 12.0 Å². The van der Waals surface area contributed by atoms with Crippen LogP contribution in [0.3, 0.4) is 0 Å². The zero-order valence-corrected chi connectivity index (χ0v) is 11.3. The molecule has 0 bridgehead atoms. The van der Waals surface area contributed by atoms with E-state index in [9.17, 15) is 0 Å². The lowest BCUT2D eigenvalue weighted by Gasteiger charge is -2.15. The first-order valence-electron chi connectivity index (χ1n) is 6.46. The van der Waals surface area contributed by atoms with Crippen LogP contribution >= 0.6 is 0 Å². The van der Waals surface area contributed by atoms with E-state index in [0.717, 1.165) is 30.8 Å². The van der Waals surface area contributed by atoms with Gasteiger partial charge in [0.1, 0.15) is 18.2 Å². The summed E-state index contributed by atoms with van der Waals surface area (Å²) in [5, 5.41) is 0. The van der Waals surface area contributed by atoms with E-state index >= 15 is 0 Å². The molecule has 1 atom stereocenters. The van der Waals surface area contributed by atoms with Gasteiger partial charge in [0, 0.05) is 12.5 Å². The van der Waals surface area contributed by atoms with Crippen molar-refractivity contribution in [3.63, 3.8) is 0 Å². The molecule has 5 heteroatoms. The smallest absolute Gasteiger partial charge is 0.221 e. The predicted molar refractivity (Wildman–Crippen MR) is 69.7 cm³/mol. The molecule has 1 aromatic rings. The van der Waals surface area contributed by atoms with Crippen molar-refractivity contribution in [2.24, 2.45) is 0 Å². The van der Waals surface area contributed by atoms with Gasteiger partial charge < -0.3 is 15.2 Å². The van der Waals surface area contributed by atoms with Gasteiger partial charge in [-0.05, 0) is 19.8 Å². The lowest BCUT2D eigenvalue weighted by atomic mass is 10.2. The Morgan fingerprint density at radius 1 is 1.44 bits per heavy atom. The molecule has 0 aromatic carbocycles. The fourth-order valence-electron chi connectivity index (χ4n) is 1.88. The maximum atomic E-state index is 5.88. The fraction of sp³-hybridized carbons (Fsp3) is 0.692. The molecule has 0 aliphatic carbocycles. The van der Waals surface area contributed by atoms with Gasteiger partial charge in [0.2, 0.25) is 5.88 Å². The number of ether oxygens (including phenoxy) is 2. The van der Waals surface area contributed by atoms with Gasteiger partial charge in [-0.3, -0.25) is 0 Å². The number of hydrogen-bond donors (Lipinski definition) is 1. The molecule has 0 saturated carbocycles. The van der Waals surface area contributed by atoms with Crippen LogP contribution < -0.4 is 10.5 Å². The molecule has 0 radical (unpaired) electrons. The number of hydrogen-bond acceptors (Lipinski definition) is 5. The second kappa shape index (κ2) is 5.52. The van der Waals surface area contributed by atoms with E-state index in [0.29, 0.717) is 18.3 Å². The molecule has 1 saturated heterocycles. The Balaban J connectivity index is 2.10. The van der Waals surface area contributed by atoms with E-state index in [1.807, 2.05) is 20.8 Å². The van der Waals surface area contributed by atoms with Crippen LogP contribution in [0.15, 0.2) is 0 Å². The maximum absolute atomic E-state index is 5.88. The van der Waals surface area contributed by atoms with Crippen molar-refractivity contribution in [3.05, 3.63) is 11.4 Å². The molecule has 100 valence electrons. The molecule has 1 fully saturated rings. The van der Waals surface area contributed by atoms with Crippen LogP contribution in [0.5, 0.6) is 5.88 Å². The number of anilines is 1. The number of nitrogens with two attached hydrogens (primary N) is 1. The minimum absolute atomic E-state index is 0.183. The van der Waals surface area contributed by atoms with E-state index in [1.54, 1.807) is 0 Å². The molecule has 2 heterocycles. The van der Waals surface area contributed by atoms with E-state index in [1.165, 1.54) is 0 Å². The summed E-state index contributed by atoms with van der Waals surface area (Å²) in [6.45, 7) is 7.32. The van der Waals surface area contributed by atoms with Gasteiger partial charge in [-0.25, -0.2) is 4.98 Å². The molecular formula is C13H21N3O2. The van der Waals surface area contributed by atoms with Crippen LogP contribution in [0.2, 0.25) is 0 Å². The molecule has 2 N–H and O–H groups in total. The Kier molecular flexibility index (Phi) is 4.01. The van der Waals surface area contributed by atoms with Crippen molar-refractivity contribution in [2.45, 2.75) is 45.6 Å². The van der Waals surface area contributed by atoms with Crippen LogP contribution in [-0.2, 0) is 4.74 Å². The molecule has 5 nitrogen and oxygen atoms in total. The first-order valence-corrected chi connectivity index (χ1v) is 6.46. The average Bonchev–Trinajstić information content (AvgIpc) is 2.83. The zero-order chi connectivity index (χ0) is 13.1. The first kappa shape index (κ1) is 13.1. The zero-order valence-electron chi connectivity index (χ0n) is 11.3. The number of nitrogen functional groups attached to an aromatic ring is 1. The minimum atomic E-state index is 0.183. The third-order valence-electron chi connectivity index (χ3n) is 3.10. The molecule has 0 amide bonds. The number of aromatic nitrogens is 2. The molecule has 18 heavy (non-hydrogen) atoms. The van der Waals surface area contributed by atoms with Crippen LogP contribution in [-0.4, -0.2) is 29.3 Å². The van der Waals surface area contributed by atoms with Crippen molar-refractivity contribution in [1.82, 2.24) is 9.97 Å². The minimum Gasteiger partial charge on any atom is -0.475 e. The Morgan fingerprint density at radius 2 is 2.22 bits per heavy atom. The first-order chi connectivity index (χ1) is 8.58. The third kappa shape index (κ3) is 2.90. The second-order valence-electron chi connectivity index (χ2n) is 5.00. The van der Waals surface area contributed by atoms with Crippen molar-refractivity contribution >= 4 is 5.82 Å². The van der Waals surface area contributed by atoms with Crippen LogP contribution in [0, 0.1) is 6.92 Å². The molecule has 2 rings (SSSR count). The largest absolute Gasteiger partial charge is 0.475 e. The summed E-state index contributed by atoms with van der Waals surface area (Å²) < 4.78 is 11.3. The maximum Gasteiger partial charge on any atom is 0.221 e. The number of rotatable bonds is 4. The predicted octanol–water partition coefficient (Wildman–Crippen LogP) is 2.05. The van der Waals surface area contributed by atoms with Gasteiger partial charge in [-0.2, -0.15) is 4.98 Å². The Hall–Kier alpha value is -1.36. The van der Waals surface area contributed by atoms with Crippen molar-refractivity contribution in [3.8, 4) is 5.88 Å².